The Morgan fingerprint density at radius 2 is 2.00 bits per heavy atom. The van der Waals surface area contributed by atoms with Gasteiger partial charge in [0.2, 0.25) is 5.91 Å². The monoisotopic (exact) mass is 338 g/mol. The molecule has 1 heterocycles. The standard InChI is InChI=1S/C11H9F3N2O5S/c1-2-21-9(20)7-8(11(12,13)14)16-10(22-7)15-5(17)3-4-6(18)19/h3-4H,2H2,1H3,(H,18,19)(H,15,16,17)/b4-3+. The first-order valence-corrected chi connectivity index (χ1v) is 6.44. The van der Waals surface area contributed by atoms with Crippen molar-refractivity contribution in [3.05, 3.63) is 22.7 Å². The van der Waals surface area contributed by atoms with E-state index in [1.165, 1.54) is 6.92 Å². The van der Waals surface area contributed by atoms with E-state index in [-0.39, 0.29) is 17.9 Å². The predicted molar refractivity (Wildman–Crippen MR) is 68.5 cm³/mol. The fourth-order valence-electron chi connectivity index (χ4n) is 1.19. The Hall–Kier alpha value is -2.43. The van der Waals surface area contributed by atoms with Crippen molar-refractivity contribution >= 4 is 34.3 Å². The molecule has 1 aromatic heterocycles. The molecule has 1 aromatic rings. The summed E-state index contributed by atoms with van der Waals surface area (Å²) in [5.41, 5.74) is -1.48. The van der Waals surface area contributed by atoms with Crippen molar-refractivity contribution < 1.29 is 37.4 Å². The molecule has 0 aliphatic rings. The van der Waals surface area contributed by atoms with Crippen molar-refractivity contribution in [2.75, 3.05) is 11.9 Å². The average Bonchev–Trinajstić information content (AvgIpc) is 2.80. The first-order valence-electron chi connectivity index (χ1n) is 5.62. The number of carboxylic acid groups (broad SMARTS) is 1. The fourth-order valence-corrected chi connectivity index (χ4v) is 2.08. The zero-order valence-electron chi connectivity index (χ0n) is 10.9. The number of esters is 1. The highest BCUT2D eigenvalue weighted by atomic mass is 32.1. The largest absolute Gasteiger partial charge is 0.478 e. The highest BCUT2D eigenvalue weighted by Crippen LogP contribution is 2.36. The molecule has 120 valence electrons. The van der Waals surface area contributed by atoms with Crippen molar-refractivity contribution in [2.24, 2.45) is 0 Å². The molecule has 0 bridgehead atoms. The topological polar surface area (TPSA) is 106 Å². The lowest BCUT2D eigenvalue weighted by Gasteiger charge is -2.04. The van der Waals surface area contributed by atoms with Gasteiger partial charge in [-0.3, -0.25) is 10.1 Å². The van der Waals surface area contributed by atoms with Crippen molar-refractivity contribution in [3.63, 3.8) is 0 Å². The summed E-state index contributed by atoms with van der Waals surface area (Å²) < 4.78 is 42.8. The number of carboxylic acids is 1. The number of ether oxygens (including phenoxy) is 1. The molecule has 0 radical (unpaired) electrons. The Morgan fingerprint density at radius 1 is 1.36 bits per heavy atom. The van der Waals surface area contributed by atoms with Crippen LogP contribution in [0, 0.1) is 0 Å². The molecule has 0 spiro atoms. The number of nitrogens with one attached hydrogen (secondary N) is 1. The number of amides is 1. The smallest absolute Gasteiger partial charge is 0.435 e. The van der Waals surface area contributed by atoms with Crippen molar-refractivity contribution in [2.45, 2.75) is 13.1 Å². The second kappa shape index (κ2) is 7.02. The van der Waals surface area contributed by atoms with Crippen LogP contribution < -0.4 is 5.32 Å². The predicted octanol–water partition coefficient (Wildman–Crippen LogP) is 1.92. The van der Waals surface area contributed by atoms with Gasteiger partial charge < -0.3 is 9.84 Å². The summed E-state index contributed by atoms with van der Waals surface area (Å²) in [5.74, 6) is -3.62. The number of nitrogens with zero attached hydrogens (tertiary/aromatic N) is 1. The highest BCUT2D eigenvalue weighted by molar-refractivity contribution is 7.17. The van der Waals surface area contributed by atoms with E-state index in [1.807, 2.05) is 5.32 Å². The molecule has 1 amide bonds. The first kappa shape index (κ1) is 17.6. The lowest BCUT2D eigenvalue weighted by molar-refractivity contribution is -0.141. The minimum absolute atomic E-state index is 0.128. The van der Waals surface area contributed by atoms with Crippen LogP contribution in [0.2, 0.25) is 0 Å². The summed E-state index contributed by atoms with van der Waals surface area (Å²) in [4.78, 5) is 35.3. The van der Waals surface area contributed by atoms with Crippen molar-refractivity contribution in [1.29, 1.82) is 0 Å². The summed E-state index contributed by atoms with van der Waals surface area (Å²) in [6.07, 6.45) is -3.81. The van der Waals surface area contributed by atoms with Crippen LogP contribution in [-0.2, 0) is 20.5 Å². The van der Waals surface area contributed by atoms with Gasteiger partial charge in [-0.2, -0.15) is 13.2 Å². The number of carbonyl (C=O) groups is 3. The van der Waals surface area contributed by atoms with E-state index in [0.29, 0.717) is 12.2 Å². The minimum Gasteiger partial charge on any atom is -0.478 e. The van der Waals surface area contributed by atoms with Crippen LogP contribution in [0.5, 0.6) is 0 Å². The second-order valence-electron chi connectivity index (χ2n) is 3.58. The van der Waals surface area contributed by atoms with Crippen LogP contribution in [0.25, 0.3) is 0 Å². The van der Waals surface area contributed by atoms with Gasteiger partial charge in [0, 0.05) is 12.2 Å². The molecule has 22 heavy (non-hydrogen) atoms. The van der Waals surface area contributed by atoms with E-state index < -0.39 is 39.7 Å². The van der Waals surface area contributed by atoms with E-state index in [4.69, 9.17) is 5.11 Å². The zero-order chi connectivity index (χ0) is 16.9. The molecule has 0 saturated carbocycles. The second-order valence-corrected chi connectivity index (χ2v) is 4.57. The molecule has 1 rings (SSSR count). The van der Waals surface area contributed by atoms with E-state index in [1.54, 1.807) is 0 Å². The molecule has 0 unspecified atom stereocenters. The first-order chi connectivity index (χ1) is 10.1. The van der Waals surface area contributed by atoms with E-state index in [0.717, 1.165) is 0 Å². The lowest BCUT2D eigenvalue weighted by atomic mass is 10.3. The number of hydrogen-bond acceptors (Lipinski definition) is 6. The van der Waals surface area contributed by atoms with Gasteiger partial charge in [0.15, 0.2) is 10.8 Å². The molecule has 0 aliphatic carbocycles. The maximum atomic E-state index is 12.8. The summed E-state index contributed by atoms with van der Waals surface area (Å²) in [7, 11) is 0. The van der Waals surface area contributed by atoms with Gasteiger partial charge in [0.05, 0.1) is 6.61 Å². The Labute approximate surface area is 125 Å². The van der Waals surface area contributed by atoms with Gasteiger partial charge in [-0.05, 0) is 6.92 Å². The number of alkyl halides is 3. The molecule has 0 saturated heterocycles. The third kappa shape index (κ3) is 4.84. The van der Waals surface area contributed by atoms with Crippen LogP contribution in [0.1, 0.15) is 22.3 Å². The van der Waals surface area contributed by atoms with Gasteiger partial charge in [-0.15, -0.1) is 0 Å². The number of halogens is 3. The van der Waals surface area contributed by atoms with Crippen LogP contribution in [0.3, 0.4) is 0 Å². The Kier molecular flexibility index (Phi) is 5.63. The number of carbonyl (C=O) groups excluding carboxylic acids is 2. The van der Waals surface area contributed by atoms with Gasteiger partial charge >= 0.3 is 18.1 Å². The Bertz CT molecular complexity index is 624. The van der Waals surface area contributed by atoms with Crippen LogP contribution in [0.4, 0.5) is 18.3 Å². The van der Waals surface area contributed by atoms with Crippen molar-refractivity contribution in [3.8, 4) is 0 Å². The number of anilines is 1. The summed E-state index contributed by atoms with van der Waals surface area (Å²) in [6.45, 7) is 1.29. The van der Waals surface area contributed by atoms with Gasteiger partial charge in [0.1, 0.15) is 4.88 Å². The van der Waals surface area contributed by atoms with Crippen molar-refractivity contribution in [1.82, 2.24) is 4.98 Å². The molecule has 0 aliphatic heterocycles. The van der Waals surface area contributed by atoms with Crippen LogP contribution in [-0.4, -0.2) is 34.5 Å². The lowest BCUT2D eigenvalue weighted by Crippen LogP contribution is -2.14. The molecule has 0 aromatic carbocycles. The molecule has 11 heteroatoms. The Morgan fingerprint density at radius 3 is 2.50 bits per heavy atom. The van der Waals surface area contributed by atoms with E-state index in [9.17, 15) is 27.6 Å². The summed E-state index contributed by atoms with van der Waals surface area (Å²) in [6, 6.07) is 0. The van der Waals surface area contributed by atoms with Gasteiger partial charge in [-0.25, -0.2) is 14.6 Å². The summed E-state index contributed by atoms with van der Waals surface area (Å²) >= 11 is 0.278. The molecule has 0 fully saturated rings. The molecule has 0 atom stereocenters. The maximum Gasteiger partial charge on any atom is 0.435 e. The quantitative estimate of drug-likeness (QED) is 0.628. The highest BCUT2D eigenvalue weighted by Gasteiger charge is 2.40. The maximum absolute atomic E-state index is 12.8. The third-order valence-corrected chi connectivity index (χ3v) is 2.91. The number of aliphatic carboxylic acids is 1. The summed E-state index contributed by atoms with van der Waals surface area (Å²) in [5, 5.41) is 9.76. The molecule has 7 nitrogen and oxygen atoms in total. The number of thiazole rings is 1. The van der Waals surface area contributed by atoms with E-state index >= 15 is 0 Å². The van der Waals surface area contributed by atoms with Gasteiger partial charge in [-0.1, -0.05) is 11.3 Å². The normalized spacial score (nSPS) is 11.5. The van der Waals surface area contributed by atoms with E-state index in [2.05, 4.69) is 9.72 Å². The van der Waals surface area contributed by atoms with Gasteiger partial charge in [0.25, 0.3) is 0 Å². The number of aromatic nitrogens is 1. The van der Waals surface area contributed by atoms with Crippen LogP contribution in [0.15, 0.2) is 12.2 Å². The fraction of sp³-hybridized carbons (Fsp3) is 0.273. The number of hydrogen-bond donors (Lipinski definition) is 2. The van der Waals surface area contributed by atoms with Crippen LogP contribution >= 0.6 is 11.3 Å². The third-order valence-electron chi connectivity index (χ3n) is 1.96. The SMILES string of the molecule is CCOC(=O)c1sc(NC(=O)/C=C/C(=O)O)nc1C(F)(F)F. The number of rotatable bonds is 5. The average molecular weight is 338 g/mol. The molecular formula is C11H9F3N2O5S. The molecule has 2 N–H and O–H groups in total. The zero-order valence-corrected chi connectivity index (χ0v) is 11.7. The Balaban J connectivity index is 3.06. The molecular weight excluding hydrogens is 329 g/mol. The minimum atomic E-state index is -4.90.